The van der Waals surface area contributed by atoms with Crippen molar-refractivity contribution in [2.75, 3.05) is 11.9 Å². The van der Waals surface area contributed by atoms with Crippen LogP contribution in [-0.2, 0) is 11.3 Å². The second-order valence-corrected chi connectivity index (χ2v) is 7.35. The van der Waals surface area contributed by atoms with E-state index in [2.05, 4.69) is 16.0 Å². The molecule has 2 amide bonds. The SMILES string of the molecule is CC(NCC(=O)Nc1ccccc1C(=O)NCc1ccccc1)c1ccc(Cl)cc1. The third-order valence-electron chi connectivity index (χ3n) is 4.68. The molecule has 0 aliphatic rings. The molecule has 5 nitrogen and oxygen atoms in total. The number of hydrogen-bond donors (Lipinski definition) is 3. The highest BCUT2D eigenvalue weighted by atomic mass is 35.5. The summed E-state index contributed by atoms with van der Waals surface area (Å²) in [4.78, 5) is 25.0. The van der Waals surface area contributed by atoms with E-state index in [1.165, 1.54) is 0 Å². The minimum absolute atomic E-state index is 0.0163. The highest BCUT2D eigenvalue weighted by Gasteiger charge is 2.14. The first-order valence-corrected chi connectivity index (χ1v) is 10.1. The van der Waals surface area contributed by atoms with E-state index in [-0.39, 0.29) is 24.4 Å². The number of nitrogens with one attached hydrogen (secondary N) is 3. The van der Waals surface area contributed by atoms with Crippen molar-refractivity contribution < 1.29 is 9.59 Å². The highest BCUT2D eigenvalue weighted by molar-refractivity contribution is 6.30. The number of amides is 2. The molecule has 1 unspecified atom stereocenters. The van der Waals surface area contributed by atoms with Gasteiger partial charge in [0.2, 0.25) is 5.91 Å². The van der Waals surface area contributed by atoms with Gasteiger partial charge < -0.3 is 16.0 Å². The second kappa shape index (κ2) is 10.6. The van der Waals surface area contributed by atoms with Gasteiger partial charge >= 0.3 is 0 Å². The van der Waals surface area contributed by atoms with Gasteiger partial charge in [-0.1, -0.05) is 66.2 Å². The molecule has 1 atom stereocenters. The van der Waals surface area contributed by atoms with Crippen LogP contribution in [0.25, 0.3) is 0 Å². The Balaban J connectivity index is 1.56. The van der Waals surface area contributed by atoms with Gasteiger partial charge in [0.05, 0.1) is 17.8 Å². The molecule has 0 radical (unpaired) electrons. The minimum Gasteiger partial charge on any atom is -0.348 e. The molecule has 3 aromatic rings. The molecule has 0 spiro atoms. The Morgan fingerprint density at radius 1 is 0.900 bits per heavy atom. The number of anilines is 1. The number of carbonyl (C=O) groups is 2. The molecule has 3 N–H and O–H groups in total. The lowest BCUT2D eigenvalue weighted by Gasteiger charge is -2.15. The molecule has 0 aliphatic carbocycles. The first kappa shape index (κ1) is 21.6. The Bertz CT molecular complexity index is 991. The van der Waals surface area contributed by atoms with Gasteiger partial charge in [0.1, 0.15) is 0 Å². The smallest absolute Gasteiger partial charge is 0.253 e. The van der Waals surface area contributed by atoms with Crippen LogP contribution in [0.1, 0.15) is 34.5 Å². The van der Waals surface area contributed by atoms with E-state index >= 15 is 0 Å². The number of hydrogen-bond acceptors (Lipinski definition) is 3. The van der Waals surface area contributed by atoms with E-state index in [9.17, 15) is 9.59 Å². The molecule has 0 aromatic heterocycles. The Kier molecular flexibility index (Phi) is 7.60. The molecule has 0 aliphatic heterocycles. The lowest BCUT2D eigenvalue weighted by Crippen LogP contribution is -2.31. The molecular weight excluding hydrogens is 398 g/mol. The molecule has 30 heavy (non-hydrogen) atoms. The summed E-state index contributed by atoms with van der Waals surface area (Å²) in [6.07, 6.45) is 0. The Hall–Kier alpha value is -3.15. The molecule has 154 valence electrons. The highest BCUT2D eigenvalue weighted by Crippen LogP contribution is 2.17. The zero-order valence-electron chi connectivity index (χ0n) is 16.7. The molecule has 6 heteroatoms. The molecule has 0 heterocycles. The summed E-state index contributed by atoms with van der Waals surface area (Å²) in [5.41, 5.74) is 2.95. The maximum absolute atomic E-state index is 12.6. The maximum Gasteiger partial charge on any atom is 0.253 e. The molecule has 3 aromatic carbocycles. The Morgan fingerprint density at radius 2 is 1.57 bits per heavy atom. The summed E-state index contributed by atoms with van der Waals surface area (Å²) in [6, 6.07) is 24.1. The quantitative estimate of drug-likeness (QED) is 0.499. The topological polar surface area (TPSA) is 70.2 Å². The van der Waals surface area contributed by atoms with Gasteiger partial charge in [-0.25, -0.2) is 0 Å². The largest absolute Gasteiger partial charge is 0.348 e. The summed E-state index contributed by atoms with van der Waals surface area (Å²) < 4.78 is 0. The number of benzene rings is 3. The maximum atomic E-state index is 12.6. The third-order valence-corrected chi connectivity index (χ3v) is 4.93. The van der Waals surface area contributed by atoms with Crippen molar-refractivity contribution in [3.05, 3.63) is 101 Å². The zero-order chi connectivity index (χ0) is 21.3. The van der Waals surface area contributed by atoms with Gasteiger partial charge in [-0.05, 0) is 42.3 Å². The Morgan fingerprint density at radius 3 is 2.30 bits per heavy atom. The molecule has 0 saturated heterocycles. The van der Waals surface area contributed by atoms with Crippen molar-refractivity contribution in [1.82, 2.24) is 10.6 Å². The van der Waals surface area contributed by atoms with Crippen LogP contribution in [0.5, 0.6) is 0 Å². The molecule has 0 fully saturated rings. The lowest BCUT2D eigenvalue weighted by molar-refractivity contribution is -0.115. The van der Waals surface area contributed by atoms with Crippen LogP contribution in [0.4, 0.5) is 5.69 Å². The van der Waals surface area contributed by atoms with Crippen LogP contribution >= 0.6 is 11.6 Å². The van der Waals surface area contributed by atoms with Crippen LogP contribution in [0.15, 0.2) is 78.9 Å². The van der Waals surface area contributed by atoms with Crippen molar-refractivity contribution in [3.63, 3.8) is 0 Å². The van der Waals surface area contributed by atoms with Gasteiger partial charge in [-0.2, -0.15) is 0 Å². The van der Waals surface area contributed by atoms with E-state index < -0.39 is 0 Å². The fourth-order valence-electron chi connectivity index (χ4n) is 2.97. The van der Waals surface area contributed by atoms with Gasteiger partial charge in [0.25, 0.3) is 5.91 Å². The van der Waals surface area contributed by atoms with Gasteiger partial charge in [-0.15, -0.1) is 0 Å². The minimum atomic E-state index is -0.239. The fraction of sp³-hybridized carbons (Fsp3) is 0.167. The lowest BCUT2D eigenvalue weighted by atomic mass is 10.1. The van der Waals surface area contributed by atoms with E-state index in [4.69, 9.17) is 11.6 Å². The number of halogens is 1. The van der Waals surface area contributed by atoms with Crippen LogP contribution in [-0.4, -0.2) is 18.4 Å². The molecule has 0 bridgehead atoms. The standard InChI is InChI=1S/C24H24ClN3O2/c1-17(19-11-13-20(25)14-12-19)26-16-23(29)28-22-10-6-5-9-21(22)24(30)27-15-18-7-3-2-4-8-18/h2-14,17,26H,15-16H2,1H3,(H,27,30)(H,28,29). The second-order valence-electron chi connectivity index (χ2n) is 6.92. The predicted molar refractivity (Wildman–Crippen MR) is 121 cm³/mol. The molecule has 0 saturated carbocycles. The van der Waals surface area contributed by atoms with Crippen molar-refractivity contribution >= 4 is 29.1 Å². The van der Waals surface area contributed by atoms with Crippen LogP contribution < -0.4 is 16.0 Å². The number of carbonyl (C=O) groups excluding carboxylic acids is 2. The van der Waals surface area contributed by atoms with E-state index in [0.29, 0.717) is 22.8 Å². The summed E-state index contributed by atoms with van der Waals surface area (Å²) in [5, 5.41) is 9.56. The first-order valence-electron chi connectivity index (χ1n) is 9.73. The number of para-hydroxylation sites is 1. The van der Waals surface area contributed by atoms with Crippen LogP contribution in [0.2, 0.25) is 5.02 Å². The van der Waals surface area contributed by atoms with E-state index in [0.717, 1.165) is 11.1 Å². The molecule has 3 rings (SSSR count). The van der Waals surface area contributed by atoms with Gasteiger partial charge in [-0.3, -0.25) is 9.59 Å². The van der Waals surface area contributed by atoms with E-state index in [1.807, 2.05) is 61.5 Å². The average Bonchev–Trinajstić information content (AvgIpc) is 2.77. The predicted octanol–water partition coefficient (Wildman–Crippen LogP) is 4.56. The fourth-order valence-corrected chi connectivity index (χ4v) is 3.10. The van der Waals surface area contributed by atoms with Crippen molar-refractivity contribution in [2.24, 2.45) is 0 Å². The zero-order valence-corrected chi connectivity index (χ0v) is 17.4. The molecular formula is C24H24ClN3O2. The van der Waals surface area contributed by atoms with E-state index in [1.54, 1.807) is 24.3 Å². The van der Waals surface area contributed by atoms with Gasteiger partial charge in [0.15, 0.2) is 0 Å². The van der Waals surface area contributed by atoms with Crippen molar-refractivity contribution in [1.29, 1.82) is 0 Å². The third kappa shape index (κ3) is 6.17. The summed E-state index contributed by atoms with van der Waals surface area (Å²) in [7, 11) is 0. The van der Waals surface area contributed by atoms with Gasteiger partial charge in [0, 0.05) is 17.6 Å². The van der Waals surface area contributed by atoms with Crippen LogP contribution in [0.3, 0.4) is 0 Å². The average molecular weight is 422 g/mol. The Labute approximate surface area is 181 Å². The normalized spacial score (nSPS) is 11.5. The van der Waals surface area contributed by atoms with Crippen LogP contribution in [0, 0.1) is 0 Å². The first-order chi connectivity index (χ1) is 14.5. The summed E-state index contributed by atoms with van der Waals surface area (Å²) >= 11 is 5.91. The summed E-state index contributed by atoms with van der Waals surface area (Å²) in [6.45, 7) is 2.51. The number of rotatable bonds is 8. The monoisotopic (exact) mass is 421 g/mol. The van der Waals surface area contributed by atoms with Crippen molar-refractivity contribution in [2.45, 2.75) is 19.5 Å². The van der Waals surface area contributed by atoms with Crippen molar-refractivity contribution in [3.8, 4) is 0 Å². The summed E-state index contributed by atoms with van der Waals surface area (Å²) in [5.74, 6) is -0.462.